The molecule has 0 bridgehead atoms. The van der Waals surface area contributed by atoms with Crippen LogP contribution in [0.2, 0.25) is 0 Å². The van der Waals surface area contributed by atoms with E-state index in [1.54, 1.807) is 29.2 Å². The van der Waals surface area contributed by atoms with E-state index < -0.39 is 10.0 Å². The molecule has 1 amide bonds. The Morgan fingerprint density at radius 1 is 1.08 bits per heavy atom. The molecule has 0 aromatic heterocycles. The summed E-state index contributed by atoms with van der Waals surface area (Å²) in [7, 11) is -3.53. The van der Waals surface area contributed by atoms with Crippen LogP contribution in [0.4, 0.5) is 5.69 Å². The van der Waals surface area contributed by atoms with Gasteiger partial charge in [-0.1, -0.05) is 0 Å². The van der Waals surface area contributed by atoms with E-state index in [-0.39, 0.29) is 10.8 Å². The van der Waals surface area contributed by atoms with Crippen molar-refractivity contribution in [3.8, 4) is 0 Å². The second kappa shape index (κ2) is 7.60. The van der Waals surface area contributed by atoms with Gasteiger partial charge in [0.1, 0.15) is 0 Å². The highest BCUT2D eigenvalue weighted by Gasteiger charge is 2.22. The predicted molar refractivity (Wildman–Crippen MR) is 90.5 cm³/mol. The molecular weight excluding hydrogens is 330 g/mol. The van der Waals surface area contributed by atoms with E-state index in [1.807, 2.05) is 0 Å². The maximum atomic E-state index is 12.3. The number of carbonyl (C=O) groups is 1. The van der Waals surface area contributed by atoms with Crippen LogP contribution in [0.5, 0.6) is 0 Å². The fraction of sp³-hybridized carbons (Fsp3) is 0.562. The Kier molecular flexibility index (Phi) is 5.50. The first-order valence-electron chi connectivity index (χ1n) is 8.26. The Hall–Kier alpha value is -1.48. The van der Waals surface area contributed by atoms with Crippen molar-refractivity contribution in [2.24, 2.45) is 0 Å². The number of hydrogen-bond donors (Lipinski definition) is 1. The lowest BCUT2D eigenvalue weighted by Crippen LogP contribution is -2.41. The van der Waals surface area contributed by atoms with Gasteiger partial charge in [-0.25, -0.2) is 13.1 Å². The molecule has 2 fully saturated rings. The van der Waals surface area contributed by atoms with E-state index in [9.17, 15) is 13.2 Å². The molecule has 0 atom stereocenters. The molecular formula is C16H23N3O4S. The molecule has 0 unspecified atom stereocenters. The average Bonchev–Trinajstić information content (AvgIpc) is 3.02. The third-order valence-corrected chi connectivity index (χ3v) is 5.83. The van der Waals surface area contributed by atoms with Gasteiger partial charge in [0.15, 0.2) is 0 Å². The molecule has 0 spiro atoms. The van der Waals surface area contributed by atoms with Gasteiger partial charge in [-0.3, -0.25) is 9.69 Å². The minimum Gasteiger partial charge on any atom is -0.379 e. The number of nitrogens with zero attached hydrogens (tertiary/aromatic N) is 2. The largest absolute Gasteiger partial charge is 0.379 e. The van der Waals surface area contributed by atoms with Crippen LogP contribution in [0.1, 0.15) is 12.8 Å². The van der Waals surface area contributed by atoms with Crippen LogP contribution in [-0.4, -0.2) is 65.2 Å². The maximum Gasteiger partial charge on any atom is 0.240 e. The number of nitrogens with one attached hydrogen (secondary N) is 1. The van der Waals surface area contributed by atoms with Crippen molar-refractivity contribution >= 4 is 21.6 Å². The molecule has 2 aliphatic rings. The molecule has 1 N–H and O–H groups in total. The van der Waals surface area contributed by atoms with Crippen LogP contribution >= 0.6 is 0 Å². The molecule has 2 saturated heterocycles. The number of ether oxygens (including phenoxy) is 1. The van der Waals surface area contributed by atoms with Gasteiger partial charge >= 0.3 is 0 Å². The molecule has 132 valence electrons. The summed E-state index contributed by atoms with van der Waals surface area (Å²) in [6, 6.07) is 6.50. The number of morpholine rings is 1. The maximum absolute atomic E-state index is 12.3. The Labute approximate surface area is 142 Å². The number of rotatable bonds is 6. The molecule has 1 aromatic rings. The van der Waals surface area contributed by atoms with Crippen LogP contribution in [0.15, 0.2) is 29.2 Å². The summed E-state index contributed by atoms with van der Waals surface area (Å²) >= 11 is 0. The number of anilines is 1. The van der Waals surface area contributed by atoms with Gasteiger partial charge in [-0.2, -0.15) is 0 Å². The van der Waals surface area contributed by atoms with Gasteiger partial charge in [0, 0.05) is 44.8 Å². The summed E-state index contributed by atoms with van der Waals surface area (Å²) in [5.74, 6) is 0.0919. The van der Waals surface area contributed by atoms with Crippen LogP contribution in [0.3, 0.4) is 0 Å². The topological polar surface area (TPSA) is 79.0 Å². The molecule has 2 heterocycles. The normalized spacial score (nSPS) is 19.8. The molecule has 24 heavy (non-hydrogen) atoms. The monoisotopic (exact) mass is 353 g/mol. The van der Waals surface area contributed by atoms with Gasteiger partial charge in [-0.05, 0) is 30.7 Å². The molecule has 3 rings (SSSR count). The van der Waals surface area contributed by atoms with Crippen molar-refractivity contribution in [1.29, 1.82) is 0 Å². The van der Waals surface area contributed by atoms with Gasteiger partial charge in [-0.15, -0.1) is 0 Å². The van der Waals surface area contributed by atoms with Crippen molar-refractivity contribution in [2.45, 2.75) is 17.7 Å². The zero-order chi connectivity index (χ0) is 17.0. The minimum atomic E-state index is -3.53. The lowest BCUT2D eigenvalue weighted by molar-refractivity contribution is -0.117. The lowest BCUT2D eigenvalue weighted by Gasteiger charge is -2.26. The van der Waals surface area contributed by atoms with Crippen molar-refractivity contribution in [1.82, 2.24) is 9.62 Å². The highest BCUT2D eigenvalue weighted by atomic mass is 32.2. The minimum absolute atomic E-state index is 0.0919. The third-order valence-electron chi connectivity index (χ3n) is 4.36. The fourth-order valence-corrected chi connectivity index (χ4v) is 3.99. The Balaban J connectivity index is 1.56. The molecule has 0 radical (unpaired) electrons. The third kappa shape index (κ3) is 4.13. The van der Waals surface area contributed by atoms with Crippen molar-refractivity contribution in [3.63, 3.8) is 0 Å². The Bertz CT molecular complexity index is 669. The van der Waals surface area contributed by atoms with Crippen molar-refractivity contribution in [3.05, 3.63) is 24.3 Å². The molecule has 8 heteroatoms. The average molecular weight is 353 g/mol. The van der Waals surface area contributed by atoms with Crippen LogP contribution < -0.4 is 9.62 Å². The van der Waals surface area contributed by atoms with Crippen molar-refractivity contribution in [2.75, 3.05) is 50.8 Å². The highest BCUT2D eigenvalue weighted by molar-refractivity contribution is 7.89. The standard InChI is InChI=1S/C16H23N3O4S/c20-16-2-1-8-19(16)14-3-5-15(6-4-14)24(21,22)17-7-9-18-10-12-23-13-11-18/h3-6,17H,1-2,7-13H2. The van der Waals surface area contributed by atoms with Gasteiger partial charge in [0.25, 0.3) is 0 Å². The second-order valence-electron chi connectivity index (χ2n) is 5.99. The fourth-order valence-electron chi connectivity index (χ4n) is 2.97. The summed E-state index contributed by atoms with van der Waals surface area (Å²) in [6.45, 7) is 4.80. The van der Waals surface area contributed by atoms with E-state index in [2.05, 4.69) is 9.62 Å². The first-order chi connectivity index (χ1) is 11.6. The first-order valence-corrected chi connectivity index (χ1v) is 9.75. The van der Waals surface area contributed by atoms with Crippen molar-refractivity contribution < 1.29 is 17.9 Å². The number of benzene rings is 1. The zero-order valence-corrected chi connectivity index (χ0v) is 14.4. The van der Waals surface area contributed by atoms with E-state index >= 15 is 0 Å². The van der Waals surface area contributed by atoms with E-state index in [0.29, 0.717) is 39.3 Å². The quantitative estimate of drug-likeness (QED) is 0.802. The van der Waals surface area contributed by atoms with E-state index in [0.717, 1.165) is 25.2 Å². The first kappa shape index (κ1) is 17.3. The second-order valence-corrected chi connectivity index (χ2v) is 7.76. The Morgan fingerprint density at radius 3 is 2.42 bits per heavy atom. The van der Waals surface area contributed by atoms with Gasteiger partial charge in [0.2, 0.25) is 15.9 Å². The smallest absolute Gasteiger partial charge is 0.240 e. The summed E-state index contributed by atoms with van der Waals surface area (Å²) < 4.78 is 32.6. The van der Waals surface area contributed by atoms with E-state index in [1.165, 1.54) is 0 Å². The predicted octanol–water partition coefficient (Wildman–Crippen LogP) is 0.424. The molecule has 0 saturated carbocycles. The molecule has 2 aliphatic heterocycles. The van der Waals surface area contributed by atoms with E-state index in [4.69, 9.17) is 4.74 Å². The molecule has 0 aliphatic carbocycles. The number of carbonyl (C=O) groups excluding carboxylic acids is 1. The molecule has 7 nitrogen and oxygen atoms in total. The summed E-state index contributed by atoms with van der Waals surface area (Å²) in [4.78, 5) is 15.8. The summed E-state index contributed by atoms with van der Waals surface area (Å²) in [6.07, 6.45) is 1.41. The highest BCUT2D eigenvalue weighted by Crippen LogP contribution is 2.22. The van der Waals surface area contributed by atoms with Crippen LogP contribution in [0.25, 0.3) is 0 Å². The van der Waals surface area contributed by atoms with Crippen LogP contribution in [0, 0.1) is 0 Å². The lowest BCUT2D eigenvalue weighted by atomic mass is 10.3. The van der Waals surface area contributed by atoms with Gasteiger partial charge in [0.05, 0.1) is 18.1 Å². The summed E-state index contributed by atoms with van der Waals surface area (Å²) in [5, 5.41) is 0. The Morgan fingerprint density at radius 2 is 1.79 bits per heavy atom. The van der Waals surface area contributed by atoms with Crippen LogP contribution in [-0.2, 0) is 19.6 Å². The van der Waals surface area contributed by atoms with Gasteiger partial charge < -0.3 is 9.64 Å². The summed E-state index contributed by atoms with van der Waals surface area (Å²) in [5.41, 5.74) is 0.754. The number of sulfonamides is 1. The number of hydrogen-bond acceptors (Lipinski definition) is 5. The SMILES string of the molecule is O=C1CCCN1c1ccc(S(=O)(=O)NCCN2CCOCC2)cc1. The number of amides is 1. The zero-order valence-electron chi connectivity index (χ0n) is 13.6. The molecule has 1 aromatic carbocycles.